The van der Waals surface area contributed by atoms with Gasteiger partial charge in [-0.15, -0.1) is 0 Å². The minimum Gasteiger partial charge on any atom is -0.456 e. The van der Waals surface area contributed by atoms with E-state index in [-0.39, 0.29) is 17.2 Å². The van der Waals surface area contributed by atoms with Gasteiger partial charge in [-0.25, -0.2) is 8.78 Å². The molecule has 0 saturated carbocycles. The standard InChI is InChI=1S/C25H21F5NO2/c1-14-11-16(26)7-10-21(14)33-22-9-5-15(25(28,29)30)12-18(22)23(32)31-20-8-6-17(27)13-19(20)24(2,3)4/h5-12H,1-4H3,(H,31,32). The largest absolute Gasteiger partial charge is 0.456 e. The molecule has 33 heavy (non-hydrogen) atoms. The molecule has 1 N–H and O–H groups in total. The molecule has 3 rings (SSSR count). The lowest BCUT2D eigenvalue weighted by molar-refractivity contribution is -0.137. The quantitative estimate of drug-likeness (QED) is 0.410. The zero-order valence-corrected chi connectivity index (χ0v) is 18.3. The summed E-state index contributed by atoms with van der Waals surface area (Å²) in [6.45, 7) is 6.91. The molecule has 8 heteroatoms. The van der Waals surface area contributed by atoms with E-state index >= 15 is 0 Å². The highest BCUT2D eigenvalue weighted by Crippen LogP contribution is 2.36. The van der Waals surface area contributed by atoms with E-state index in [0.29, 0.717) is 17.2 Å². The molecule has 0 spiro atoms. The van der Waals surface area contributed by atoms with Crippen molar-refractivity contribution in [3.8, 4) is 11.5 Å². The molecule has 3 aromatic carbocycles. The number of hydrogen-bond acceptors (Lipinski definition) is 2. The average Bonchev–Trinajstić information content (AvgIpc) is 2.70. The number of aryl methyl sites for hydroxylation is 1. The lowest BCUT2D eigenvalue weighted by atomic mass is 9.85. The zero-order chi connectivity index (χ0) is 24.6. The van der Waals surface area contributed by atoms with Crippen molar-refractivity contribution in [1.29, 1.82) is 0 Å². The first-order valence-electron chi connectivity index (χ1n) is 9.94. The Morgan fingerprint density at radius 1 is 0.939 bits per heavy atom. The van der Waals surface area contributed by atoms with Gasteiger partial charge in [-0.3, -0.25) is 4.79 Å². The van der Waals surface area contributed by atoms with E-state index in [4.69, 9.17) is 4.74 Å². The van der Waals surface area contributed by atoms with Crippen LogP contribution in [0.25, 0.3) is 0 Å². The number of alkyl halides is 3. The number of amides is 1. The first-order chi connectivity index (χ1) is 15.3. The fourth-order valence-electron chi connectivity index (χ4n) is 3.17. The molecule has 0 aliphatic heterocycles. The van der Waals surface area contributed by atoms with Crippen molar-refractivity contribution >= 4 is 11.6 Å². The molecule has 3 nitrogen and oxygen atoms in total. The fourth-order valence-corrected chi connectivity index (χ4v) is 3.17. The third-order valence-electron chi connectivity index (χ3n) is 4.82. The molecule has 0 bridgehead atoms. The van der Waals surface area contributed by atoms with Gasteiger partial charge >= 0.3 is 6.18 Å². The van der Waals surface area contributed by atoms with E-state index in [1.807, 2.05) is 0 Å². The highest BCUT2D eigenvalue weighted by Gasteiger charge is 2.32. The summed E-state index contributed by atoms with van der Waals surface area (Å²) in [7, 11) is 0. The number of nitrogens with one attached hydrogen (secondary N) is 1. The van der Waals surface area contributed by atoms with Crippen LogP contribution in [0.1, 0.15) is 47.8 Å². The van der Waals surface area contributed by atoms with Crippen LogP contribution >= 0.6 is 0 Å². The second-order valence-corrected chi connectivity index (χ2v) is 8.52. The lowest BCUT2D eigenvalue weighted by Gasteiger charge is -2.23. The summed E-state index contributed by atoms with van der Waals surface area (Å²) in [5.41, 5.74) is -1.10. The number of carbonyl (C=O) groups excluding carboxylic acids is 1. The topological polar surface area (TPSA) is 38.3 Å². The van der Waals surface area contributed by atoms with Gasteiger partial charge in [0.05, 0.1) is 11.1 Å². The van der Waals surface area contributed by atoms with Gasteiger partial charge in [0.25, 0.3) is 5.91 Å². The van der Waals surface area contributed by atoms with Gasteiger partial charge in [-0.2, -0.15) is 13.2 Å². The van der Waals surface area contributed by atoms with Gasteiger partial charge in [0.2, 0.25) is 0 Å². The third-order valence-corrected chi connectivity index (χ3v) is 4.82. The molecule has 0 unspecified atom stereocenters. The monoisotopic (exact) mass is 462 g/mol. The van der Waals surface area contributed by atoms with E-state index in [1.54, 1.807) is 27.7 Å². The van der Waals surface area contributed by atoms with Crippen LogP contribution in [0.15, 0.2) is 48.5 Å². The molecule has 1 radical (unpaired) electrons. The first kappa shape index (κ1) is 24.2. The van der Waals surface area contributed by atoms with Gasteiger partial charge in [-0.05, 0) is 72.0 Å². The van der Waals surface area contributed by atoms with Crippen LogP contribution in [-0.4, -0.2) is 5.91 Å². The van der Waals surface area contributed by atoms with Gasteiger partial charge < -0.3 is 10.1 Å². The third kappa shape index (κ3) is 5.69. The molecule has 0 aliphatic rings. The molecule has 0 atom stereocenters. The molecule has 0 aromatic heterocycles. The Morgan fingerprint density at radius 2 is 1.61 bits per heavy atom. The summed E-state index contributed by atoms with van der Waals surface area (Å²) in [6.07, 6.45) is -4.69. The Bertz CT molecular complexity index is 1200. The van der Waals surface area contributed by atoms with Crippen molar-refractivity contribution < 1.29 is 31.5 Å². The molecule has 0 aliphatic carbocycles. The van der Waals surface area contributed by atoms with E-state index in [0.717, 1.165) is 24.3 Å². The fraction of sp³-hybridized carbons (Fsp3) is 0.240. The summed E-state index contributed by atoms with van der Waals surface area (Å²) < 4.78 is 72.8. The van der Waals surface area contributed by atoms with Gasteiger partial charge in [0.15, 0.2) is 0 Å². The number of rotatable bonds is 4. The summed E-state index contributed by atoms with van der Waals surface area (Å²) in [4.78, 5) is 13.1. The minimum atomic E-state index is -4.69. The highest BCUT2D eigenvalue weighted by molar-refractivity contribution is 6.06. The van der Waals surface area contributed by atoms with E-state index in [1.165, 1.54) is 18.2 Å². The molecule has 1 amide bonds. The molecule has 0 heterocycles. The molecule has 173 valence electrons. The second-order valence-electron chi connectivity index (χ2n) is 8.52. The summed E-state index contributed by atoms with van der Waals surface area (Å²) in [5.74, 6) is -2.00. The predicted molar refractivity (Wildman–Crippen MR) is 115 cm³/mol. The van der Waals surface area contributed by atoms with Gasteiger partial charge in [0.1, 0.15) is 23.1 Å². The maximum Gasteiger partial charge on any atom is 0.416 e. The molecule has 0 fully saturated rings. The van der Waals surface area contributed by atoms with Crippen LogP contribution < -0.4 is 10.1 Å². The van der Waals surface area contributed by atoms with E-state index in [2.05, 4.69) is 11.4 Å². The van der Waals surface area contributed by atoms with Crippen molar-refractivity contribution in [2.45, 2.75) is 39.3 Å². The van der Waals surface area contributed by atoms with Crippen molar-refractivity contribution in [1.82, 2.24) is 0 Å². The zero-order valence-electron chi connectivity index (χ0n) is 18.3. The van der Waals surface area contributed by atoms with Crippen LogP contribution in [0.5, 0.6) is 11.5 Å². The van der Waals surface area contributed by atoms with Crippen molar-refractivity contribution in [3.05, 3.63) is 88.5 Å². The maximum absolute atomic E-state index is 13.8. The lowest BCUT2D eigenvalue weighted by Crippen LogP contribution is -2.20. The Balaban J connectivity index is 2.05. The molecular weight excluding hydrogens is 441 g/mol. The normalized spacial score (nSPS) is 11.9. The summed E-state index contributed by atoms with van der Waals surface area (Å²) >= 11 is 0. The predicted octanol–water partition coefficient (Wildman–Crippen LogP) is 7.43. The Kier molecular flexibility index (Phi) is 6.49. The highest BCUT2D eigenvalue weighted by atomic mass is 19.4. The average molecular weight is 462 g/mol. The van der Waals surface area contributed by atoms with Crippen LogP contribution in [0.4, 0.5) is 27.6 Å². The van der Waals surface area contributed by atoms with E-state index in [9.17, 15) is 26.7 Å². The number of halogens is 5. The minimum absolute atomic E-state index is 0.154. The van der Waals surface area contributed by atoms with Crippen LogP contribution in [0.3, 0.4) is 0 Å². The van der Waals surface area contributed by atoms with Crippen molar-refractivity contribution in [2.75, 3.05) is 5.32 Å². The number of ether oxygens (including phenoxy) is 1. The number of hydrogen-bond donors (Lipinski definition) is 1. The smallest absolute Gasteiger partial charge is 0.416 e. The van der Waals surface area contributed by atoms with Crippen LogP contribution in [0.2, 0.25) is 0 Å². The second kappa shape index (κ2) is 8.84. The van der Waals surface area contributed by atoms with Crippen LogP contribution in [-0.2, 0) is 11.6 Å². The molecule has 3 aromatic rings. The Labute approximate surface area is 188 Å². The van der Waals surface area contributed by atoms with E-state index < -0.39 is 40.3 Å². The number of anilines is 1. The summed E-state index contributed by atoms with van der Waals surface area (Å²) in [6, 6.07) is 11.1. The summed E-state index contributed by atoms with van der Waals surface area (Å²) in [5, 5.41) is 2.54. The van der Waals surface area contributed by atoms with Crippen molar-refractivity contribution in [2.24, 2.45) is 0 Å². The first-order valence-corrected chi connectivity index (χ1v) is 9.94. The van der Waals surface area contributed by atoms with Gasteiger partial charge in [0, 0.05) is 11.8 Å². The molecule has 0 saturated heterocycles. The van der Waals surface area contributed by atoms with Crippen molar-refractivity contribution in [3.63, 3.8) is 0 Å². The Hall–Kier alpha value is -3.42. The number of carbonyl (C=O) groups is 1. The maximum atomic E-state index is 13.8. The molecular formula is C25H21F5NO2. The number of benzene rings is 3. The Morgan fingerprint density at radius 3 is 2.21 bits per heavy atom. The SMILES string of the molecule is Cc1cc(F)ccc1Oc1ccc(C(F)(F)F)cc1C(=O)Nc1ccc(F)[c]c1C(C)(C)C. The van der Waals surface area contributed by atoms with Crippen LogP contribution in [0, 0.1) is 24.6 Å². The van der Waals surface area contributed by atoms with Gasteiger partial charge in [-0.1, -0.05) is 20.8 Å².